The average Bonchev–Trinajstić information content (AvgIpc) is 3.21. The number of ether oxygens (including phenoxy) is 1. The van der Waals surface area contributed by atoms with Crippen LogP contribution >= 0.6 is 23.1 Å². The van der Waals surface area contributed by atoms with Gasteiger partial charge in [-0.3, -0.25) is 4.79 Å². The molecule has 2 heterocycles. The number of rotatable bonds is 8. The number of hydrogen-bond acceptors (Lipinski definition) is 8. The zero-order valence-electron chi connectivity index (χ0n) is 18.4. The molecule has 1 fully saturated rings. The summed E-state index contributed by atoms with van der Waals surface area (Å²) in [5, 5.41) is 9.60. The van der Waals surface area contributed by atoms with Crippen LogP contribution in [0.5, 0.6) is 5.75 Å². The third kappa shape index (κ3) is 5.37. The van der Waals surface area contributed by atoms with E-state index in [0.717, 1.165) is 47.1 Å². The highest BCUT2D eigenvalue weighted by atomic mass is 32.2. The van der Waals surface area contributed by atoms with Crippen molar-refractivity contribution in [2.24, 2.45) is 0 Å². The Bertz CT molecular complexity index is 826. The molecule has 2 aromatic rings. The summed E-state index contributed by atoms with van der Waals surface area (Å²) in [7, 11) is 1.71. The summed E-state index contributed by atoms with van der Waals surface area (Å²) in [6.07, 6.45) is 0. The number of carbonyl (C=O) groups excluding carboxylic acids is 1. The number of thioether (sulfide) groups is 1. The Morgan fingerprint density at radius 2 is 1.73 bits per heavy atom. The molecule has 0 aliphatic carbocycles. The van der Waals surface area contributed by atoms with Gasteiger partial charge in [-0.15, -0.1) is 10.2 Å². The van der Waals surface area contributed by atoms with Gasteiger partial charge in [-0.2, -0.15) is 0 Å². The third-order valence-corrected chi connectivity index (χ3v) is 7.19. The van der Waals surface area contributed by atoms with E-state index in [-0.39, 0.29) is 18.0 Å². The molecular formula is C21H31N5O2S2. The van der Waals surface area contributed by atoms with E-state index in [0.29, 0.717) is 5.75 Å². The second-order valence-electron chi connectivity index (χ2n) is 7.77. The average molecular weight is 450 g/mol. The first-order chi connectivity index (χ1) is 14.4. The van der Waals surface area contributed by atoms with E-state index in [1.54, 1.807) is 18.4 Å². The lowest BCUT2D eigenvalue weighted by Gasteiger charge is -2.36. The zero-order chi connectivity index (χ0) is 21.7. The Balaban J connectivity index is 1.54. The number of aromatic nitrogens is 2. The number of nitrogens with zero attached hydrogens (tertiary/aromatic N) is 5. The summed E-state index contributed by atoms with van der Waals surface area (Å²) in [4.78, 5) is 19.1. The first-order valence-electron chi connectivity index (χ1n) is 10.3. The van der Waals surface area contributed by atoms with Gasteiger partial charge in [0.2, 0.25) is 11.0 Å². The summed E-state index contributed by atoms with van der Waals surface area (Å²) in [6.45, 7) is 11.8. The molecule has 0 unspecified atom stereocenters. The van der Waals surface area contributed by atoms with E-state index in [9.17, 15) is 4.79 Å². The molecule has 1 aromatic carbocycles. The first-order valence-corrected chi connectivity index (χ1v) is 12.1. The topological polar surface area (TPSA) is 61.8 Å². The van der Waals surface area contributed by atoms with Gasteiger partial charge in [0.05, 0.1) is 18.6 Å². The highest BCUT2D eigenvalue weighted by Crippen LogP contribution is 2.32. The van der Waals surface area contributed by atoms with Gasteiger partial charge in [0.25, 0.3) is 0 Å². The van der Waals surface area contributed by atoms with Crippen LogP contribution in [-0.2, 0) is 4.79 Å². The van der Waals surface area contributed by atoms with Gasteiger partial charge < -0.3 is 19.4 Å². The number of piperazine rings is 1. The van der Waals surface area contributed by atoms with E-state index in [4.69, 9.17) is 4.74 Å². The number of para-hydroxylation sites is 2. The van der Waals surface area contributed by atoms with Crippen molar-refractivity contribution in [2.45, 2.75) is 44.1 Å². The van der Waals surface area contributed by atoms with E-state index in [1.165, 1.54) is 11.8 Å². The quantitative estimate of drug-likeness (QED) is 0.571. The standard InChI is InChI=1S/C21H31N5O2S2/c1-15(2)26(16(3)4)19(27)14-29-21-23-22-20(30-21)25-12-10-24(11-13-25)17-8-6-7-9-18(17)28-5/h6-9,15-16H,10-14H2,1-5H3. The number of benzene rings is 1. The maximum Gasteiger partial charge on any atom is 0.233 e. The molecule has 0 spiro atoms. The van der Waals surface area contributed by atoms with E-state index >= 15 is 0 Å². The Morgan fingerprint density at radius 3 is 2.37 bits per heavy atom. The molecule has 0 bridgehead atoms. The Labute approximate surface area is 187 Å². The molecule has 1 aromatic heterocycles. The lowest BCUT2D eigenvalue weighted by atomic mass is 10.2. The molecule has 1 amide bonds. The van der Waals surface area contributed by atoms with Crippen LogP contribution in [0.4, 0.5) is 10.8 Å². The number of anilines is 2. The minimum Gasteiger partial charge on any atom is -0.495 e. The van der Waals surface area contributed by atoms with Crippen molar-refractivity contribution >= 4 is 39.8 Å². The maximum absolute atomic E-state index is 12.6. The maximum atomic E-state index is 12.6. The van der Waals surface area contributed by atoms with Crippen LogP contribution in [0.15, 0.2) is 28.6 Å². The van der Waals surface area contributed by atoms with Crippen molar-refractivity contribution in [3.63, 3.8) is 0 Å². The van der Waals surface area contributed by atoms with Crippen molar-refractivity contribution in [2.75, 3.05) is 48.8 Å². The zero-order valence-corrected chi connectivity index (χ0v) is 20.0. The Morgan fingerprint density at radius 1 is 1.10 bits per heavy atom. The number of carbonyl (C=O) groups is 1. The highest BCUT2D eigenvalue weighted by molar-refractivity contribution is 8.01. The van der Waals surface area contributed by atoms with Crippen molar-refractivity contribution < 1.29 is 9.53 Å². The number of amides is 1. The molecule has 3 rings (SSSR count). The predicted octanol–water partition coefficient (Wildman–Crippen LogP) is 3.61. The fourth-order valence-electron chi connectivity index (χ4n) is 3.79. The van der Waals surface area contributed by atoms with Crippen LogP contribution in [0.1, 0.15) is 27.7 Å². The summed E-state index contributed by atoms with van der Waals surface area (Å²) in [5.41, 5.74) is 1.13. The van der Waals surface area contributed by atoms with Gasteiger partial charge in [0, 0.05) is 38.3 Å². The van der Waals surface area contributed by atoms with E-state index in [1.807, 2.05) is 23.1 Å². The second-order valence-corrected chi connectivity index (χ2v) is 9.95. The largest absolute Gasteiger partial charge is 0.495 e. The van der Waals surface area contributed by atoms with Crippen LogP contribution < -0.4 is 14.5 Å². The molecule has 9 heteroatoms. The normalized spacial score (nSPS) is 14.5. The fraction of sp³-hybridized carbons (Fsp3) is 0.571. The van der Waals surface area contributed by atoms with E-state index in [2.05, 4.69) is 53.8 Å². The molecule has 0 saturated carbocycles. The number of methoxy groups -OCH3 is 1. The summed E-state index contributed by atoms with van der Waals surface area (Å²) in [5.74, 6) is 1.45. The van der Waals surface area contributed by atoms with Gasteiger partial charge in [-0.25, -0.2) is 0 Å². The van der Waals surface area contributed by atoms with Crippen LogP contribution in [0.2, 0.25) is 0 Å². The lowest BCUT2D eigenvalue weighted by Crippen LogP contribution is -2.46. The summed E-state index contributed by atoms with van der Waals surface area (Å²) in [6, 6.07) is 8.52. The minimum atomic E-state index is 0.146. The van der Waals surface area contributed by atoms with Crippen LogP contribution in [0.25, 0.3) is 0 Å². The first kappa shape index (κ1) is 22.7. The molecule has 0 N–H and O–H groups in total. The predicted molar refractivity (Wildman–Crippen MR) is 125 cm³/mol. The SMILES string of the molecule is COc1ccccc1N1CCN(c2nnc(SCC(=O)N(C(C)C)C(C)C)s2)CC1. The van der Waals surface area contributed by atoms with Gasteiger partial charge in [-0.05, 0) is 39.8 Å². The third-order valence-electron chi connectivity index (χ3n) is 5.09. The molecule has 0 radical (unpaired) electrons. The second kappa shape index (κ2) is 10.3. The van der Waals surface area contributed by atoms with Crippen molar-refractivity contribution in [3.05, 3.63) is 24.3 Å². The molecule has 0 atom stereocenters. The molecule has 30 heavy (non-hydrogen) atoms. The van der Waals surface area contributed by atoms with Crippen molar-refractivity contribution in [3.8, 4) is 5.75 Å². The van der Waals surface area contributed by atoms with Crippen LogP contribution in [0.3, 0.4) is 0 Å². The van der Waals surface area contributed by atoms with Crippen molar-refractivity contribution in [1.29, 1.82) is 0 Å². The Kier molecular flexibility index (Phi) is 7.82. The molecule has 1 aliphatic rings. The van der Waals surface area contributed by atoms with Crippen LogP contribution in [0, 0.1) is 0 Å². The minimum absolute atomic E-state index is 0.146. The monoisotopic (exact) mass is 449 g/mol. The Hall–Kier alpha value is -2.00. The molecular weight excluding hydrogens is 418 g/mol. The van der Waals surface area contributed by atoms with Gasteiger partial charge >= 0.3 is 0 Å². The highest BCUT2D eigenvalue weighted by Gasteiger charge is 2.23. The molecule has 1 aliphatic heterocycles. The summed E-state index contributed by atoms with van der Waals surface area (Å²) < 4.78 is 6.34. The van der Waals surface area contributed by atoms with E-state index < -0.39 is 0 Å². The van der Waals surface area contributed by atoms with Crippen molar-refractivity contribution in [1.82, 2.24) is 15.1 Å². The smallest absolute Gasteiger partial charge is 0.233 e. The molecule has 1 saturated heterocycles. The van der Waals surface area contributed by atoms with Gasteiger partial charge in [-0.1, -0.05) is 35.2 Å². The summed E-state index contributed by atoms with van der Waals surface area (Å²) >= 11 is 3.05. The lowest BCUT2D eigenvalue weighted by molar-refractivity contribution is -0.131. The van der Waals surface area contributed by atoms with Gasteiger partial charge in [0.15, 0.2) is 4.34 Å². The van der Waals surface area contributed by atoms with Crippen LogP contribution in [-0.4, -0.2) is 72.1 Å². The van der Waals surface area contributed by atoms with Gasteiger partial charge in [0.1, 0.15) is 5.75 Å². The molecule has 164 valence electrons. The molecule has 7 nitrogen and oxygen atoms in total. The fourth-order valence-corrected chi connectivity index (χ4v) is 5.55. The number of hydrogen-bond donors (Lipinski definition) is 0.